The molecule has 1 aliphatic rings. The van der Waals surface area contributed by atoms with Crippen molar-refractivity contribution in [3.8, 4) is 0 Å². The van der Waals surface area contributed by atoms with E-state index in [1.165, 1.54) is 37.0 Å². The van der Waals surface area contributed by atoms with Crippen LogP contribution in [0.15, 0.2) is 22.5 Å². The molecule has 1 aromatic heterocycles. The number of thiophene rings is 1. The zero-order chi connectivity index (χ0) is 18.1. The van der Waals surface area contributed by atoms with Crippen molar-refractivity contribution in [2.24, 2.45) is 4.99 Å². The quantitative estimate of drug-likeness (QED) is 0.348. The Morgan fingerprint density at radius 2 is 2.00 bits per heavy atom. The molecule has 5 nitrogen and oxygen atoms in total. The number of hydrogen-bond acceptors (Lipinski definition) is 3. The minimum absolute atomic E-state index is 0. The van der Waals surface area contributed by atoms with E-state index in [-0.39, 0.29) is 35.3 Å². The first kappa shape index (κ1) is 23.2. The third-order valence-corrected chi connectivity index (χ3v) is 5.98. The average Bonchev–Trinajstić information content (AvgIpc) is 3.15. The molecule has 26 heavy (non-hydrogen) atoms. The van der Waals surface area contributed by atoms with E-state index < -0.39 is 0 Å². The van der Waals surface area contributed by atoms with E-state index >= 15 is 0 Å². The fourth-order valence-corrected chi connectivity index (χ4v) is 4.35. The molecular formula is C19H33IN4OS. The van der Waals surface area contributed by atoms with Gasteiger partial charge in [0.2, 0.25) is 5.91 Å². The van der Waals surface area contributed by atoms with Crippen molar-refractivity contribution in [2.75, 3.05) is 33.7 Å². The largest absolute Gasteiger partial charge is 0.357 e. The van der Waals surface area contributed by atoms with Crippen molar-refractivity contribution >= 4 is 47.2 Å². The number of carbonyl (C=O) groups is 1. The monoisotopic (exact) mass is 492 g/mol. The molecule has 1 heterocycles. The van der Waals surface area contributed by atoms with Gasteiger partial charge in [-0.1, -0.05) is 25.3 Å². The molecule has 0 bridgehead atoms. The number of nitrogens with one attached hydrogen (secondary N) is 2. The predicted molar refractivity (Wildman–Crippen MR) is 122 cm³/mol. The Bertz CT molecular complexity index is 554. The maximum absolute atomic E-state index is 11.7. The van der Waals surface area contributed by atoms with E-state index in [2.05, 4.69) is 35.1 Å². The lowest BCUT2D eigenvalue weighted by molar-refractivity contribution is -0.128. The van der Waals surface area contributed by atoms with Gasteiger partial charge in [0.05, 0.1) is 6.54 Å². The zero-order valence-corrected chi connectivity index (χ0v) is 19.4. The molecule has 0 aromatic carbocycles. The number of nitrogens with zero attached hydrogens (tertiary/aromatic N) is 2. The van der Waals surface area contributed by atoms with Crippen LogP contribution in [-0.4, -0.2) is 50.5 Å². The van der Waals surface area contributed by atoms with Crippen molar-refractivity contribution < 1.29 is 4.79 Å². The SMILES string of the molecule is CCNC(=NCC1(c2cccs2)CCCCC1)NCCC(=O)N(C)C.I. The topological polar surface area (TPSA) is 56.7 Å². The van der Waals surface area contributed by atoms with E-state index in [1.54, 1.807) is 19.0 Å². The number of amides is 1. The molecule has 7 heteroatoms. The van der Waals surface area contributed by atoms with Crippen LogP contribution >= 0.6 is 35.3 Å². The molecule has 0 atom stereocenters. The molecule has 1 saturated carbocycles. The highest BCUT2D eigenvalue weighted by Crippen LogP contribution is 2.41. The first-order valence-corrected chi connectivity index (χ1v) is 10.2. The van der Waals surface area contributed by atoms with Crippen LogP contribution in [0.3, 0.4) is 0 Å². The van der Waals surface area contributed by atoms with Crippen LogP contribution < -0.4 is 10.6 Å². The van der Waals surface area contributed by atoms with Crippen LogP contribution in [-0.2, 0) is 10.2 Å². The number of rotatable bonds is 7. The molecule has 1 aromatic rings. The standard InChI is InChI=1S/C19H32N4OS.HI/c1-4-20-18(21-13-10-17(24)23(2)3)22-15-19(11-6-5-7-12-19)16-9-8-14-25-16;/h8-9,14H,4-7,10-13,15H2,1-3H3,(H2,20,21,22);1H. The number of aliphatic imine (C=N–C) groups is 1. The van der Waals surface area contributed by atoms with E-state index in [0.29, 0.717) is 13.0 Å². The number of hydrogen-bond donors (Lipinski definition) is 2. The van der Waals surface area contributed by atoms with Gasteiger partial charge in [0.15, 0.2) is 5.96 Å². The Kier molecular flexibility index (Phi) is 10.5. The summed E-state index contributed by atoms with van der Waals surface area (Å²) < 4.78 is 0. The van der Waals surface area contributed by atoms with Gasteiger partial charge in [-0.25, -0.2) is 0 Å². The van der Waals surface area contributed by atoms with Crippen molar-refractivity contribution in [1.82, 2.24) is 15.5 Å². The Balaban J connectivity index is 0.00000338. The molecule has 0 aliphatic heterocycles. The highest BCUT2D eigenvalue weighted by atomic mass is 127. The van der Waals surface area contributed by atoms with Crippen LogP contribution in [0.1, 0.15) is 50.3 Å². The second-order valence-corrected chi connectivity index (χ2v) is 7.93. The molecular weight excluding hydrogens is 459 g/mol. The van der Waals surface area contributed by atoms with Gasteiger partial charge in [0.25, 0.3) is 0 Å². The summed E-state index contributed by atoms with van der Waals surface area (Å²) in [6.45, 7) is 4.30. The van der Waals surface area contributed by atoms with Crippen LogP contribution in [0.25, 0.3) is 0 Å². The Morgan fingerprint density at radius 1 is 1.27 bits per heavy atom. The first-order valence-electron chi connectivity index (χ1n) is 9.34. The van der Waals surface area contributed by atoms with Gasteiger partial charge >= 0.3 is 0 Å². The average molecular weight is 492 g/mol. The summed E-state index contributed by atoms with van der Waals surface area (Å²) in [6.07, 6.45) is 6.82. The fourth-order valence-electron chi connectivity index (χ4n) is 3.37. The first-order chi connectivity index (χ1) is 12.1. The maximum Gasteiger partial charge on any atom is 0.223 e. The molecule has 2 N–H and O–H groups in total. The Hall–Kier alpha value is -0.830. The van der Waals surface area contributed by atoms with E-state index in [4.69, 9.17) is 4.99 Å². The minimum Gasteiger partial charge on any atom is -0.357 e. The van der Waals surface area contributed by atoms with Gasteiger partial charge in [-0.05, 0) is 31.2 Å². The number of carbonyl (C=O) groups excluding carboxylic acids is 1. The lowest BCUT2D eigenvalue weighted by Crippen LogP contribution is -2.41. The summed E-state index contributed by atoms with van der Waals surface area (Å²) in [6, 6.07) is 4.41. The van der Waals surface area contributed by atoms with Crippen molar-refractivity contribution in [3.63, 3.8) is 0 Å². The summed E-state index contributed by atoms with van der Waals surface area (Å²) in [5.74, 6) is 0.946. The maximum atomic E-state index is 11.7. The van der Waals surface area contributed by atoms with Gasteiger partial charge in [0, 0.05) is 43.9 Å². The number of halogens is 1. The van der Waals surface area contributed by atoms with Gasteiger partial charge in [-0.3, -0.25) is 9.79 Å². The molecule has 1 aliphatic carbocycles. The molecule has 0 saturated heterocycles. The highest BCUT2D eigenvalue weighted by Gasteiger charge is 2.34. The molecule has 1 fully saturated rings. The van der Waals surface area contributed by atoms with Gasteiger partial charge in [-0.2, -0.15) is 0 Å². The van der Waals surface area contributed by atoms with E-state index in [1.807, 2.05) is 11.3 Å². The summed E-state index contributed by atoms with van der Waals surface area (Å²) in [5.41, 5.74) is 0.189. The van der Waals surface area contributed by atoms with Crippen LogP contribution in [0.2, 0.25) is 0 Å². The molecule has 148 valence electrons. The van der Waals surface area contributed by atoms with Crippen molar-refractivity contribution in [1.29, 1.82) is 0 Å². The van der Waals surface area contributed by atoms with E-state index in [9.17, 15) is 4.79 Å². The summed E-state index contributed by atoms with van der Waals surface area (Å²) >= 11 is 1.86. The molecule has 0 spiro atoms. The number of guanidine groups is 1. The highest BCUT2D eigenvalue weighted by molar-refractivity contribution is 14.0. The van der Waals surface area contributed by atoms with Crippen LogP contribution in [0.4, 0.5) is 0 Å². The normalized spacial score (nSPS) is 16.5. The third-order valence-electron chi connectivity index (χ3n) is 4.87. The molecule has 2 rings (SSSR count). The predicted octanol–water partition coefficient (Wildman–Crippen LogP) is 3.60. The van der Waals surface area contributed by atoms with Gasteiger partial charge in [0.1, 0.15) is 0 Å². The summed E-state index contributed by atoms with van der Waals surface area (Å²) in [7, 11) is 3.57. The van der Waals surface area contributed by atoms with Gasteiger partial charge in [-0.15, -0.1) is 35.3 Å². The second kappa shape index (κ2) is 11.8. The second-order valence-electron chi connectivity index (χ2n) is 6.98. The Labute approximate surface area is 179 Å². The fraction of sp³-hybridized carbons (Fsp3) is 0.684. The molecule has 1 amide bonds. The van der Waals surface area contributed by atoms with Crippen molar-refractivity contribution in [3.05, 3.63) is 22.4 Å². The lowest BCUT2D eigenvalue weighted by atomic mass is 9.73. The van der Waals surface area contributed by atoms with E-state index in [0.717, 1.165) is 19.0 Å². The van der Waals surface area contributed by atoms with Crippen LogP contribution in [0.5, 0.6) is 0 Å². The summed E-state index contributed by atoms with van der Waals surface area (Å²) in [5, 5.41) is 8.78. The molecule has 0 unspecified atom stereocenters. The molecule has 0 radical (unpaired) electrons. The lowest BCUT2D eigenvalue weighted by Gasteiger charge is -2.35. The van der Waals surface area contributed by atoms with Crippen molar-refractivity contribution in [2.45, 2.75) is 50.9 Å². The summed E-state index contributed by atoms with van der Waals surface area (Å²) in [4.78, 5) is 19.7. The van der Waals surface area contributed by atoms with Gasteiger partial charge < -0.3 is 15.5 Å². The van der Waals surface area contributed by atoms with Crippen LogP contribution in [0, 0.1) is 0 Å². The zero-order valence-electron chi connectivity index (χ0n) is 16.2. The third kappa shape index (κ3) is 6.72. The minimum atomic E-state index is 0. The smallest absolute Gasteiger partial charge is 0.223 e. The Morgan fingerprint density at radius 3 is 2.58 bits per heavy atom.